The minimum Gasteiger partial charge on any atom is -0.449 e. The number of hydrogen-bond acceptors (Lipinski definition) is 2. The molecule has 1 fully saturated rings. The van der Waals surface area contributed by atoms with Crippen molar-refractivity contribution >= 4 is 18.5 Å². The van der Waals surface area contributed by atoms with Gasteiger partial charge in [0.25, 0.3) is 0 Å². The van der Waals surface area contributed by atoms with E-state index >= 15 is 0 Å². The van der Waals surface area contributed by atoms with Crippen molar-refractivity contribution in [1.82, 2.24) is 5.32 Å². The SMILES string of the molecule is Cl.O=C1N[C@@H](c2ccc(-c3ccccc3)cc2)CCO1. The molecule has 0 saturated carbocycles. The van der Waals surface area contributed by atoms with Crippen LogP contribution in [-0.4, -0.2) is 12.7 Å². The average Bonchev–Trinajstić information content (AvgIpc) is 2.48. The van der Waals surface area contributed by atoms with Crippen molar-refractivity contribution < 1.29 is 9.53 Å². The summed E-state index contributed by atoms with van der Waals surface area (Å²) in [6.45, 7) is 0.483. The van der Waals surface area contributed by atoms with Crippen LogP contribution in [0.4, 0.5) is 4.79 Å². The van der Waals surface area contributed by atoms with E-state index in [1.807, 2.05) is 18.2 Å². The molecule has 3 nitrogen and oxygen atoms in total. The number of alkyl carbamates (subject to hydrolysis) is 1. The predicted molar refractivity (Wildman–Crippen MR) is 81.0 cm³/mol. The van der Waals surface area contributed by atoms with Crippen molar-refractivity contribution in [3.05, 3.63) is 60.2 Å². The standard InChI is InChI=1S/C16H15NO2.ClH/c18-16-17-15(10-11-19-16)14-8-6-13(7-9-14)12-4-2-1-3-5-12;/h1-9,15H,10-11H2,(H,17,18);1H/t15-;/m1./s1. The topological polar surface area (TPSA) is 38.3 Å². The lowest BCUT2D eigenvalue weighted by molar-refractivity contribution is 0.115. The molecular weight excluding hydrogens is 274 g/mol. The van der Waals surface area contributed by atoms with Crippen molar-refractivity contribution in [3.8, 4) is 11.1 Å². The quantitative estimate of drug-likeness (QED) is 0.909. The summed E-state index contributed by atoms with van der Waals surface area (Å²) in [7, 11) is 0. The lowest BCUT2D eigenvalue weighted by Gasteiger charge is -2.23. The zero-order chi connectivity index (χ0) is 13.1. The number of benzene rings is 2. The van der Waals surface area contributed by atoms with Crippen molar-refractivity contribution in [2.45, 2.75) is 12.5 Å². The van der Waals surface area contributed by atoms with E-state index in [0.29, 0.717) is 6.61 Å². The Balaban J connectivity index is 0.00000147. The summed E-state index contributed by atoms with van der Waals surface area (Å²) in [4.78, 5) is 11.2. The van der Waals surface area contributed by atoms with Crippen molar-refractivity contribution in [2.75, 3.05) is 6.61 Å². The number of cyclic esters (lactones) is 1. The minimum absolute atomic E-state index is 0. The molecule has 20 heavy (non-hydrogen) atoms. The molecule has 0 spiro atoms. The second-order valence-electron chi connectivity index (χ2n) is 4.61. The summed E-state index contributed by atoms with van der Waals surface area (Å²) in [6.07, 6.45) is 0.486. The van der Waals surface area contributed by atoms with E-state index in [9.17, 15) is 4.79 Å². The van der Waals surface area contributed by atoms with Crippen LogP contribution in [0.3, 0.4) is 0 Å². The maximum atomic E-state index is 11.2. The van der Waals surface area contributed by atoms with Crippen LogP contribution in [0.15, 0.2) is 54.6 Å². The maximum absolute atomic E-state index is 11.2. The van der Waals surface area contributed by atoms with Crippen LogP contribution >= 0.6 is 12.4 Å². The van der Waals surface area contributed by atoms with Crippen LogP contribution in [0.25, 0.3) is 11.1 Å². The Morgan fingerprint density at radius 2 is 1.60 bits per heavy atom. The van der Waals surface area contributed by atoms with Gasteiger partial charge in [-0.15, -0.1) is 12.4 Å². The molecule has 0 radical (unpaired) electrons. The van der Waals surface area contributed by atoms with Gasteiger partial charge in [0.15, 0.2) is 0 Å². The second kappa shape index (κ2) is 6.44. The molecule has 1 heterocycles. The Hall–Kier alpha value is -2.00. The summed E-state index contributed by atoms with van der Waals surface area (Å²) in [5.74, 6) is 0. The van der Waals surface area contributed by atoms with Gasteiger partial charge in [-0.1, -0.05) is 54.6 Å². The summed E-state index contributed by atoms with van der Waals surface area (Å²) in [5, 5.41) is 2.83. The Labute approximate surface area is 124 Å². The normalized spacial score (nSPS) is 17.6. The van der Waals surface area contributed by atoms with Gasteiger partial charge >= 0.3 is 6.09 Å². The summed E-state index contributed by atoms with van der Waals surface area (Å²) >= 11 is 0. The maximum Gasteiger partial charge on any atom is 0.407 e. The number of amides is 1. The monoisotopic (exact) mass is 289 g/mol. The molecule has 0 aliphatic carbocycles. The summed E-state index contributed by atoms with van der Waals surface area (Å²) in [5.41, 5.74) is 3.50. The number of nitrogens with one attached hydrogen (secondary N) is 1. The number of ether oxygens (including phenoxy) is 1. The Bertz CT molecular complexity index is 569. The number of hydrogen-bond donors (Lipinski definition) is 1. The molecule has 0 aromatic heterocycles. The number of rotatable bonds is 2. The van der Waals surface area contributed by atoms with Gasteiger partial charge in [0.1, 0.15) is 0 Å². The average molecular weight is 290 g/mol. The fraction of sp³-hybridized carbons (Fsp3) is 0.188. The van der Waals surface area contributed by atoms with Crippen LogP contribution in [0.1, 0.15) is 18.0 Å². The molecule has 4 heteroatoms. The van der Waals surface area contributed by atoms with Gasteiger partial charge < -0.3 is 10.1 Å². The number of carbonyl (C=O) groups excluding carboxylic acids is 1. The first-order chi connectivity index (χ1) is 9.33. The lowest BCUT2D eigenvalue weighted by atomic mass is 9.99. The summed E-state index contributed by atoms with van der Waals surface area (Å²) in [6, 6.07) is 18.6. The van der Waals surface area contributed by atoms with Crippen LogP contribution in [-0.2, 0) is 4.74 Å². The van der Waals surface area contributed by atoms with Gasteiger partial charge in [-0.3, -0.25) is 0 Å². The zero-order valence-electron chi connectivity index (χ0n) is 10.9. The molecule has 2 aromatic carbocycles. The lowest BCUT2D eigenvalue weighted by Crippen LogP contribution is -2.35. The van der Waals surface area contributed by atoms with Gasteiger partial charge in [-0.25, -0.2) is 4.79 Å². The van der Waals surface area contributed by atoms with E-state index in [1.54, 1.807) is 0 Å². The van der Waals surface area contributed by atoms with E-state index in [4.69, 9.17) is 4.74 Å². The van der Waals surface area contributed by atoms with E-state index in [2.05, 4.69) is 41.7 Å². The first-order valence-electron chi connectivity index (χ1n) is 6.41. The third kappa shape index (κ3) is 3.11. The fourth-order valence-corrected chi connectivity index (χ4v) is 2.31. The highest BCUT2D eigenvalue weighted by Gasteiger charge is 2.20. The van der Waals surface area contributed by atoms with Crippen LogP contribution < -0.4 is 5.32 Å². The van der Waals surface area contributed by atoms with Crippen molar-refractivity contribution in [1.29, 1.82) is 0 Å². The molecule has 2 aromatic rings. The Morgan fingerprint density at radius 3 is 2.25 bits per heavy atom. The predicted octanol–water partition coefficient (Wildman–Crippen LogP) is 3.95. The minimum atomic E-state index is -0.330. The van der Waals surface area contributed by atoms with E-state index in [1.165, 1.54) is 11.1 Å². The molecule has 104 valence electrons. The first kappa shape index (κ1) is 14.4. The van der Waals surface area contributed by atoms with Gasteiger partial charge in [0.05, 0.1) is 12.6 Å². The number of halogens is 1. The molecule has 1 saturated heterocycles. The Kier molecular flexibility index (Phi) is 4.64. The third-order valence-electron chi connectivity index (χ3n) is 3.35. The fourth-order valence-electron chi connectivity index (χ4n) is 2.31. The highest BCUT2D eigenvalue weighted by atomic mass is 35.5. The largest absolute Gasteiger partial charge is 0.449 e. The van der Waals surface area contributed by atoms with E-state index in [0.717, 1.165) is 12.0 Å². The molecule has 1 amide bonds. The van der Waals surface area contributed by atoms with Gasteiger partial charge in [0, 0.05) is 6.42 Å². The van der Waals surface area contributed by atoms with Crippen LogP contribution in [0.5, 0.6) is 0 Å². The second-order valence-corrected chi connectivity index (χ2v) is 4.61. The molecule has 1 N–H and O–H groups in total. The smallest absolute Gasteiger partial charge is 0.407 e. The van der Waals surface area contributed by atoms with Gasteiger partial charge in [-0.05, 0) is 16.7 Å². The molecule has 3 rings (SSSR count). The molecule has 1 aliphatic heterocycles. The molecule has 1 atom stereocenters. The van der Waals surface area contributed by atoms with Gasteiger partial charge in [-0.2, -0.15) is 0 Å². The van der Waals surface area contributed by atoms with E-state index < -0.39 is 0 Å². The Morgan fingerprint density at radius 1 is 0.950 bits per heavy atom. The zero-order valence-corrected chi connectivity index (χ0v) is 11.7. The van der Waals surface area contributed by atoms with Crippen LogP contribution in [0.2, 0.25) is 0 Å². The molecule has 0 bridgehead atoms. The van der Waals surface area contributed by atoms with E-state index in [-0.39, 0.29) is 24.5 Å². The third-order valence-corrected chi connectivity index (χ3v) is 3.35. The molecule has 1 aliphatic rings. The first-order valence-corrected chi connectivity index (χ1v) is 6.41. The molecule has 0 unspecified atom stereocenters. The highest BCUT2D eigenvalue weighted by molar-refractivity contribution is 5.85. The molecular formula is C16H16ClNO2. The van der Waals surface area contributed by atoms with Gasteiger partial charge in [0.2, 0.25) is 0 Å². The summed E-state index contributed by atoms with van der Waals surface area (Å²) < 4.78 is 4.87. The number of carbonyl (C=O) groups is 1. The van der Waals surface area contributed by atoms with Crippen molar-refractivity contribution in [2.24, 2.45) is 0 Å². The van der Waals surface area contributed by atoms with Crippen molar-refractivity contribution in [3.63, 3.8) is 0 Å². The van der Waals surface area contributed by atoms with Crippen LogP contribution in [0, 0.1) is 0 Å². The highest BCUT2D eigenvalue weighted by Crippen LogP contribution is 2.24.